The van der Waals surface area contributed by atoms with Crippen LogP contribution in [-0.2, 0) is 21.4 Å². The van der Waals surface area contributed by atoms with Crippen LogP contribution in [-0.4, -0.2) is 17.5 Å². The summed E-state index contributed by atoms with van der Waals surface area (Å²) in [6.07, 6.45) is 1.33. The predicted molar refractivity (Wildman–Crippen MR) is 81.4 cm³/mol. The van der Waals surface area contributed by atoms with E-state index in [1.54, 1.807) is 19.1 Å². The van der Waals surface area contributed by atoms with Crippen LogP contribution in [0.5, 0.6) is 0 Å². The van der Waals surface area contributed by atoms with E-state index in [2.05, 4.69) is 0 Å². The van der Waals surface area contributed by atoms with Crippen molar-refractivity contribution >= 4 is 11.7 Å². The van der Waals surface area contributed by atoms with Gasteiger partial charge in [0.2, 0.25) is 0 Å². The smallest absolute Gasteiger partial charge is 0.305 e. The van der Waals surface area contributed by atoms with Gasteiger partial charge in [-0.05, 0) is 30.7 Å². The molecule has 0 aliphatic carbocycles. The van der Waals surface area contributed by atoms with E-state index in [1.807, 2.05) is 26.8 Å². The van der Waals surface area contributed by atoms with Gasteiger partial charge in [0.25, 0.3) is 5.69 Å². The number of nitro benzene ring substituents is 1. The van der Waals surface area contributed by atoms with Crippen LogP contribution in [0.3, 0.4) is 0 Å². The van der Waals surface area contributed by atoms with E-state index in [4.69, 9.17) is 4.74 Å². The van der Waals surface area contributed by atoms with Crippen LogP contribution in [0.25, 0.3) is 0 Å². The van der Waals surface area contributed by atoms with Crippen molar-refractivity contribution in [2.24, 2.45) is 0 Å². The van der Waals surface area contributed by atoms with Crippen LogP contribution >= 0.6 is 0 Å². The van der Waals surface area contributed by atoms with Gasteiger partial charge in [-0.1, -0.05) is 32.9 Å². The molecule has 1 aromatic carbocycles. The Morgan fingerprint density at radius 1 is 1.33 bits per heavy atom. The molecule has 0 saturated heterocycles. The normalized spacial score (nSPS) is 11.2. The van der Waals surface area contributed by atoms with Crippen molar-refractivity contribution in [1.29, 1.82) is 0 Å². The fraction of sp³-hybridized carbons (Fsp3) is 0.562. The number of carbonyl (C=O) groups is 1. The molecule has 21 heavy (non-hydrogen) atoms. The molecule has 0 atom stereocenters. The van der Waals surface area contributed by atoms with Gasteiger partial charge >= 0.3 is 5.97 Å². The third-order valence-electron chi connectivity index (χ3n) is 3.28. The van der Waals surface area contributed by atoms with Crippen LogP contribution < -0.4 is 0 Å². The standard InChI is InChI=1S/C16H23NO4/c1-5-21-15(18)8-6-7-12-9-10-13(16(2,3)4)11-14(12)17(19)20/h9-11H,5-8H2,1-4H3. The fourth-order valence-corrected chi connectivity index (χ4v) is 2.07. The lowest BCUT2D eigenvalue weighted by atomic mass is 9.86. The Kier molecular flexibility index (Phi) is 5.88. The minimum atomic E-state index is -0.352. The first-order valence-electron chi connectivity index (χ1n) is 7.19. The number of ether oxygens (including phenoxy) is 1. The molecule has 0 unspecified atom stereocenters. The second-order valence-corrected chi connectivity index (χ2v) is 6.01. The van der Waals surface area contributed by atoms with Gasteiger partial charge < -0.3 is 4.74 Å². The van der Waals surface area contributed by atoms with E-state index in [0.29, 0.717) is 25.0 Å². The van der Waals surface area contributed by atoms with E-state index in [1.165, 1.54) is 0 Å². The molecule has 0 aliphatic rings. The number of aryl methyl sites for hydroxylation is 1. The molecule has 0 amide bonds. The second-order valence-electron chi connectivity index (χ2n) is 6.01. The van der Waals surface area contributed by atoms with Crippen LogP contribution in [0.4, 0.5) is 5.69 Å². The third-order valence-corrected chi connectivity index (χ3v) is 3.28. The topological polar surface area (TPSA) is 69.4 Å². The first kappa shape index (κ1) is 17.1. The van der Waals surface area contributed by atoms with Crippen LogP contribution in [0, 0.1) is 10.1 Å². The first-order chi connectivity index (χ1) is 9.75. The number of rotatable bonds is 6. The summed E-state index contributed by atoms with van der Waals surface area (Å²) in [5, 5.41) is 11.2. The highest BCUT2D eigenvalue weighted by atomic mass is 16.6. The molecular weight excluding hydrogens is 270 g/mol. The zero-order valence-corrected chi connectivity index (χ0v) is 13.1. The van der Waals surface area contributed by atoms with E-state index >= 15 is 0 Å². The molecule has 0 fully saturated rings. The second kappa shape index (κ2) is 7.20. The molecule has 1 rings (SSSR count). The zero-order chi connectivity index (χ0) is 16.0. The Morgan fingerprint density at radius 2 is 2.00 bits per heavy atom. The van der Waals surface area contributed by atoms with E-state index in [-0.39, 0.29) is 28.4 Å². The number of nitro groups is 1. The van der Waals surface area contributed by atoms with Crippen molar-refractivity contribution in [3.8, 4) is 0 Å². The minimum Gasteiger partial charge on any atom is -0.466 e. The van der Waals surface area contributed by atoms with Crippen LogP contribution in [0.1, 0.15) is 51.7 Å². The summed E-state index contributed by atoms with van der Waals surface area (Å²) in [7, 11) is 0. The molecule has 0 heterocycles. The largest absolute Gasteiger partial charge is 0.466 e. The molecular formula is C16H23NO4. The first-order valence-corrected chi connectivity index (χ1v) is 7.19. The number of esters is 1. The average molecular weight is 293 g/mol. The van der Waals surface area contributed by atoms with Crippen molar-refractivity contribution in [1.82, 2.24) is 0 Å². The highest BCUT2D eigenvalue weighted by Gasteiger charge is 2.20. The zero-order valence-electron chi connectivity index (χ0n) is 13.1. The number of carbonyl (C=O) groups excluding carboxylic acids is 1. The van der Waals surface area contributed by atoms with Gasteiger partial charge in [-0.2, -0.15) is 0 Å². The lowest BCUT2D eigenvalue weighted by Crippen LogP contribution is -2.12. The monoisotopic (exact) mass is 293 g/mol. The molecule has 0 saturated carbocycles. The molecule has 5 nitrogen and oxygen atoms in total. The number of nitrogens with zero attached hydrogens (tertiary/aromatic N) is 1. The summed E-state index contributed by atoms with van der Waals surface area (Å²) in [4.78, 5) is 22.1. The number of hydrogen-bond donors (Lipinski definition) is 0. The van der Waals surface area contributed by atoms with Gasteiger partial charge in [0, 0.05) is 18.1 Å². The quantitative estimate of drug-likeness (QED) is 0.454. The van der Waals surface area contributed by atoms with Crippen molar-refractivity contribution < 1.29 is 14.5 Å². The molecule has 1 aromatic rings. The van der Waals surface area contributed by atoms with E-state index in [9.17, 15) is 14.9 Å². The van der Waals surface area contributed by atoms with Gasteiger partial charge in [0.15, 0.2) is 0 Å². The van der Waals surface area contributed by atoms with Crippen molar-refractivity contribution in [2.75, 3.05) is 6.61 Å². The maximum atomic E-state index is 11.3. The van der Waals surface area contributed by atoms with Gasteiger partial charge in [-0.3, -0.25) is 14.9 Å². The van der Waals surface area contributed by atoms with Crippen molar-refractivity contribution in [2.45, 2.75) is 52.4 Å². The lowest BCUT2D eigenvalue weighted by molar-refractivity contribution is -0.385. The Bertz CT molecular complexity index is 517. The van der Waals surface area contributed by atoms with Gasteiger partial charge in [0.1, 0.15) is 0 Å². The lowest BCUT2D eigenvalue weighted by Gasteiger charge is -2.19. The molecule has 0 bridgehead atoms. The van der Waals surface area contributed by atoms with Gasteiger partial charge in [0.05, 0.1) is 11.5 Å². The summed E-state index contributed by atoms with van der Waals surface area (Å²) in [5.41, 5.74) is 1.60. The predicted octanol–water partition coefficient (Wildman–Crippen LogP) is 3.78. The summed E-state index contributed by atoms with van der Waals surface area (Å²) in [6, 6.07) is 5.36. The molecule has 0 aromatic heterocycles. The molecule has 0 N–H and O–H groups in total. The summed E-state index contributed by atoms with van der Waals surface area (Å²) in [5.74, 6) is -0.258. The summed E-state index contributed by atoms with van der Waals surface area (Å²) < 4.78 is 4.85. The highest BCUT2D eigenvalue weighted by molar-refractivity contribution is 5.69. The minimum absolute atomic E-state index is 0.131. The molecule has 0 radical (unpaired) electrons. The number of benzene rings is 1. The maximum absolute atomic E-state index is 11.3. The molecule has 5 heteroatoms. The molecule has 116 valence electrons. The Labute approximate surface area is 125 Å². The molecule has 0 spiro atoms. The van der Waals surface area contributed by atoms with Gasteiger partial charge in [-0.15, -0.1) is 0 Å². The Morgan fingerprint density at radius 3 is 2.52 bits per heavy atom. The highest BCUT2D eigenvalue weighted by Crippen LogP contribution is 2.29. The maximum Gasteiger partial charge on any atom is 0.305 e. The Hall–Kier alpha value is -1.91. The SMILES string of the molecule is CCOC(=O)CCCc1ccc(C(C)(C)C)cc1[N+](=O)[O-]. The van der Waals surface area contributed by atoms with Crippen molar-refractivity contribution in [3.05, 3.63) is 39.4 Å². The van der Waals surface area contributed by atoms with Crippen LogP contribution in [0.2, 0.25) is 0 Å². The van der Waals surface area contributed by atoms with Crippen LogP contribution in [0.15, 0.2) is 18.2 Å². The third kappa shape index (κ3) is 5.17. The fourth-order valence-electron chi connectivity index (χ4n) is 2.07. The van der Waals surface area contributed by atoms with Gasteiger partial charge in [-0.25, -0.2) is 0 Å². The Balaban J connectivity index is 2.83. The van der Waals surface area contributed by atoms with Crippen molar-refractivity contribution in [3.63, 3.8) is 0 Å². The van der Waals surface area contributed by atoms with E-state index < -0.39 is 0 Å². The summed E-state index contributed by atoms with van der Waals surface area (Å²) >= 11 is 0. The number of hydrogen-bond acceptors (Lipinski definition) is 4. The average Bonchev–Trinajstić information content (AvgIpc) is 2.37. The van der Waals surface area contributed by atoms with E-state index in [0.717, 1.165) is 5.56 Å². The molecule has 0 aliphatic heterocycles. The summed E-state index contributed by atoms with van der Waals surface area (Å²) in [6.45, 7) is 8.18.